The van der Waals surface area contributed by atoms with Crippen molar-refractivity contribution < 1.29 is 9.90 Å². The van der Waals surface area contributed by atoms with Crippen molar-refractivity contribution in [3.8, 4) is 0 Å². The molecular weight excluding hydrogens is 266 g/mol. The molecule has 5 nitrogen and oxygen atoms in total. The number of hydrogen-bond donors (Lipinski definition) is 2. The zero-order valence-electron chi connectivity index (χ0n) is 13.3. The van der Waals surface area contributed by atoms with Crippen molar-refractivity contribution in [2.75, 3.05) is 40.3 Å². The maximum atomic E-state index is 11.8. The van der Waals surface area contributed by atoms with Crippen molar-refractivity contribution in [3.63, 3.8) is 0 Å². The Morgan fingerprint density at radius 2 is 2.05 bits per heavy atom. The Hall–Kier alpha value is -0.650. The average Bonchev–Trinajstić information content (AvgIpc) is 3.29. The van der Waals surface area contributed by atoms with Crippen LogP contribution in [-0.4, -0.2) is 72.7 Å². The topological polar surface area (TPSA) is 55.8 Å². The summed E-state index contributed by atoms with van der Waals surface area (Å²) in [5.74, 6) is 0.363. The third-order valence-electron chi connectivity index (χ3n) is 6.00. The quantitative estimate of drug-likeness (QED) is 0.788. The van der Waals surface area contributed by atoms with E-state index in [1.165, 1.54) is 25.8 Å². The number of carboxylic acid groups (broad SMARTS) is 1. The van der Waals surface area contributed by atoms with E-state index in [1.54, 1.807) is 0 Å². The minimum absolute atomic E-state index is 0.312. The second-order valence-electron chi connectivity index (χ2n) is 7.27. The molecule has 0 aromatic heterocycles. The first-order valence-corrected chi connectivity index (χ1v) is 8.41. The van der Waals surface area contributed by atoms with Crippen LogP contribution in [0.1, 0.15) is 32.1 Å². The number of likely N-dealkylation sites (tertiary alicyclic amines) is 2. The van der Waals surface area contributed by atoms with Crippen LogP contribution in [-0.2, 0) is 4.79 Å². The van der Waals surface area contributed by atoms with Crippen molar-refractivity contribution in [2.24, 2.45) is 11.8 Å². The highest BCUT2D eigenvalue weighted by Gasteiger charge is 2.51. The second-order valence-corrected chi connectivity index (χ2v) is 7.27. The van der Waals surface area contributed by atoms with E-state index in [9.17, 15) is 9.90 Å². The lowest BCUT2D eigenvalue weighted by molar-refractivity contribution is -0.147. The highest BCUT2D eigenvalue weighted by atomic mass is 16.4. The van der Waals surface area contributed by atoms with Crippen LogP contribution in [0.4, 0.5) is 0 Å². The normalized spacial score (nSPS) is 34.2. The van der Waals surface area contributed by atoms with Gasteiger partial charge in [0.1, 0.15) is 5.54 Å². The summed E-state index contributed by atoms with van der Waals surface area (Å²) in [5.41, 5.74) is -0.729. The molecule has 3 rings (SSSR count). The minimum atomic E-state index is -0.729. The summed E-state index contributed by atoms with van der Waals surface area (Å²) in [6.07, 6.45) is 5.87. The smallest absolute Gasteiger partial charge is 0.325 e. The van der Waals surface area contributed by atoms with Gasteiger partial charge in [0.25, 0.3) is 0 Å². The molecule has 5 heteroatoms. The van der Waals surface area contributed by atoms with Crippen LogP contribution in [0.3, 0.4) is 0 Å². The number of nitrogens with one attached hydrogen (secondary N) is 1. The fourth-order valence-corrected chi connectivity index (χ4v) is 4.56. The maximum Gasteiger partial charge on any atom is 0.325 e. The fourth-order valence-electron chi connectivity index (χ4n) is 4.56. The van der Waals surface area contributed by atoms with Gasteiger partial charge in [0.05, 0.1) is 0 Å². The summed E-state index contributed by atoms with van der Waals surface area (Å²) in [6, 6.07) is 0.713. The Morgan fingerprint density at radius 1 is 1.29 bits per heavy atom. The molecule has 2 N–H and O–H groups in total. The zero-order valence-corrected chi connectivity index (χ0v) is 13.3. The summed E-state index contributed by atoms with van der Waals surface area (Å²) >= 11 is 0. The van der Waals surface area contributed by atoms with Gasteiger partial charge in [0.15, 0.2) is 0 Å². The third kappa shape index (κ3) is 2.83. The highest BCUT2D eigenvalue weighted by Crippen LogP contribution is 2.41. The van der Waals surface area contributed by atoms with Crippen LogP contribution in [0.2, 0.25) is 0 Å². The number of likely N-dealkylation sites (N-methyl/N-ethyl adjacent to an activating group) is 1. The molecule has 2 saturated heterocycles. The molecule has 0 aromatic carbocycles. The molecule has 21 heavy (non-hydrogen) atoms. The van der Waals surface area contributed by atoms with Gasteiger partial charge in [-0.2, -0.15) is 0 Å². The number of fused-ring (bicyclic) bond motifs is 1. The van der Waals surface area contributed by atoms with Crippen molar-refractivity contribution in [2.45, 2.75) is 43.7 Å². The summed E-state index contributed by atoms with van der Waals surface area (Å²) in [6.45, 7) is 3.99. The predicted octanol–water partition coefficient (Wildman–Crippen LogP) is 0.855. The molecule has 0 radical (unpaired) electrons. The second kappa shape index (κ2) is 5.86. The van der Waals surface area contributed by atoms with Crippen LogP contribution in [0.15, 0.2) is 0 Å². The lowest BCUT2D eigenvalue weighted by Crippen LogP contribution is -2.62. The first-order valence-electron chi connectivity index (χ1n) is 8.41. The molecule has 1 saturated carbocycles. The lowest BCUT2D eigenvalue weighted by atomic mass is 9.83. The van der Waals surface area contributed by atoms with Crippen LogP contribution in [0.5, 0.6) is 0 Å². The molecule has 1 aliphatic carbocycles. The zero-order chi connectivity index (χ0) is 15.0. The number of rotatable bonds is 5. The van der Waals surface area contributed by atoms with E-state index in [2.05, 4.69) is 22.2 Å². The lowest BCUT2D eigenvalue weighted by Gasteiger charge is -2.47. The van der Waals surface area contributed by atoms with Crippen LogP contribution < -0.4 is 5.32 Å². The number of carbonyl (C=O) groups is 1. The molecule has 3 fully saturated rings. The molecule has 3 aliphatic rings. The van der Waals surface area contributed by atoms with Crippen molar-refractivity contribution >= 4 is 5.97 Å². The van der Waals surface area contributed by atoms with E-state index in [1.807, 2.05) is 7.05 Å². The van der Waals surface area contributed by atoms with Gasteiger partial charge in [-0.3, -0.25) is 4.79 Å². The fraction of sp³-hybridized carbons (Fsp3) is 0.938. The summed E-state index contributed by atoms with van der Waals surface area (Å²) < 4.78 is 0. The number of piperidine rings is 2. The third-order valence-corrected chi connectivity index (χ3v) is 6.00. The predicted molar refractivity (Wildman–Crippen MR) is 82.3 cm³/mol. The Kier molecular flexibility index (Phi) is 4.26. The minimum Gasteiger partial charge on any atom is -0.480 e. The van der Waals surface area contributed by atoms with Crippen molar-refractivity contribution in [1.29, 1.82) is 0 Å². The Morgan fingerprint density at radius 3 is 2.67 bits per heavy atom. The van der Waals surface area contributed by atoms with Crippen LogP contribution in [0.25, 0.3) is 0 Å². The van der Waals surface area contributed by atoms with Crippen molar-refractivity contribution in [3.05, 3.63) is 0 Å². The average molecular weight is 295 g/mol. The Labute approximate surface area is 127 Å². The number of nitrogens with zero attached hydrogens (tertiary/aromatic N) is 2. The monoisotopic (exact) mass is 295 g/mol. The number of hydrogen-bond acceptors (Lipinski definition) is 4. The van der Waals surface area contributed by atoms with Crippen LogP contribution in [0, 0.1) is 11.8 Å². The Balaban J connectivity index is 1.66. The first-order chi connectivity index (χ1) is 10.1. The van der Waals surface area contributed by atoms with Gasteiger partial charge in [0.2, 0.25) is 0 Å². The molecule has 2 heterocycles. The molecule has 3 atom stereocenters. The summed E-state index contributed by atoms with van der Waals surface area (Å²) in [5, 5.41) is 12.9. The molecular formula is C16H29N3O2. The van der Waals surface area contributed by atoms with E-state index in [-0.39, 0.29) is 0 Å². The molecule has 2 aliphatic heterocycles. The molecule has 0 bridgehead atoms. The Bertz CT molecular complexity index is 399. The van der Waals surface area contributed by atoms with E-state index < -0.39 is 11.5 Å². The van der Waals surface area contributed by atoms with Gasteiger partial charge in [-0.15, -0.1) is 0 Å². The summed E-state index contributed by atoms with van der Waals surface area (Å²) in [4.78, 5) is 16.8. The first kappa shape index (κ1) is 15.3. The number of aliphatic carboxylic acids is 1. The number of carboxylic acids is 1. The van der Waals surface area contributed by atoms with Gasteiger partial charge in [-0.1, -0.05) is 0 Å². The molecule has 3 unspecified atom stereocenters. The maximum absolute atomic E-state index is 11.8. The van der Waals surface area contributed by atoms with Gasteiger partial charge in [0, 0.05) is 19.1 Å². The van der Waals surface area contributed by atoms with Gasteiger partial charge >= 0.3 is 5.97 Å². The van der Waals surface area contributed by atoms with Gasteiger partial charge in [-0.25, -0.2) is 0 Å². The van der Waals surface area contributed by atoms with E-state index in [0.717, 1.165) is 31.8 Å². The van der Waals surface area contributed by atoms with E-state index in [4.69, 9.17) is 0 Å². The molecule has 120 valence electrons. The molecule has 0 amide bonds. The van der Waals surface area contributed by atoms with Gasteiger partial charge in [-0.05, 0) is 71.1 Å². The van der Waals surface area contributed by atoms with E-state index >= 15 is 0 Å². The molecule has 0 spiro atoms. The largest absolute Gasteiger partial charge is 0.480 e. The highest BCUT2D eigenvalue weighted by molar-refractivity contribution is 5.80. The van der Waals surface area contributed by atoms with E-state index in [0.29, 0.717) is 18.5 Å². The summed E-state index contributed by atoms with van der Waals surface area (Å²) in [7, 11) is 4.05. The van der Waals surface area contributed by atoms with Gasteiger partial charge < -0.3 is 20.2 Å². The molecule has 0 aromatic rings. The van der Waals surface area contributed by atoms with Crippen molar-refractivity contribution in [1.82, 2.24) is 15.1 Å². The SMILES string of the molecule is CNC(CN1CCC2C(CCCN2C)C1)(C(=O)O)C1CC1. The standard InChI is InChI=1S/C16H29N3O2/c1-17-16(15(20)21,13-5-6-13)11-19-9-7-14-12(10-19)4-3-8-18(14)2/h12-14,17H,3-11H2,1-2H3,(H,20,21). The van der Waals surface area contributed by atoms with Crippen LogP contribution >= 0.6 is 0 Å².